The average Bonchev–Trinajstić information content (AvgIpc) is 1.80. The van der Waals surface area contributed by atoms with Crippen LogP contribution < -0.4 is 27.2 Å². The Bertz CT molecular complexity index is 221. The summed E-state index contributed by atoms with van der Waals surface area (Å²) in [4.78, 5) is 10.5. The van der Waals surface area contributed by atoms with Crippen LogP contribution in [-0.4, -0.2) is 27.3 Å². The fourth-order valence-electron chi connectivity index (χ4n) is 0.427. The summed E-state index contributed by atoms with van der Waals surface area (Å²) in [5, 5.41) is 24.0. The van der Waals surface area contributed by atoms with Gasteiger partial charge < -0.3 is 32.3 Å². The average molecular weight is 251 g/mol. The number of hydrogen-bond donors (Lipinski definition) is 4. The molecule has 0 unspecified atom stereocenters. The molecule has 9 nitrogen and oxygen atoms in total. The summed E-state index contributed by atoms with van der Waals surface area (Å²) in [5.74, 6) is 0.125. The van der Waals surface area contributed by atoms with E-state index < -0.39 is 7.32 Å². The van der Waals surface area contributed by atoms with Crippen LogP contribution in [0.5, 0.6) is 0 Å². The Balaban J connectivity index is 0. The molecule has 14 heavy (non-hydrogen) atoms. The van der Waals surface area contributed by atoms with Crippen LogP contribution in [0.25, 0.3) is 0 Å². The molecule has 0 aliphatic rings. The summed E-state index contributed by atoms with van der Waals surface area (Å²) in [6, 6.07) is 0. The van der Waals surface area contributed by atoms with Crippen molar-refractivity contribution >= 4 is 25.2 Å². The molecule has 11 heteroatoms. The third-order valence-corrected chi connectivity index (χ3v) is 0.687. The van der Waals surface area contributed by atoms with Crippen LogP contribution in [0, 0.1) is 0 Å². The van der Waals surface area contributed by atoms with Crippen LogP contribution in [-0.2, 0) is 19.5 Å². The minimum Gasteiger partial charge on any atom is -0.871 e. The molecule has 0 bridgehead atoms. The van der Waals surface area contributed by atoms with E-state index in [1.807, 2.05) is 0 Å². The maximum atomic E-state index is 8.53. The molecule has 0 aromatic carbocycles. The first-order chi connectivity index (χ1) is 5.91. The van der Waals surface area contributed by atoms with Gasteiger partial charge in [-0.1, -0.05) is 0 Å². The van der Waals surface area contributed by atoms with E-state index in [0.717, 1.165) is 0 Å². The first kappa shape index (κ1) is 15.5. The molecular weight excluding hydrogens is 244 g/mol. The van der Waals surface area contributed by atoms with Crippen molar-refractivity contribution in [3.05, 3.63) is 0 Å². The molecule has 0 aliphatic carbocycles. The molecule has 0 amide bonds. The Morgan fingerprint density at radius 3 is 1.21 bits per heavy atom. The Hall–Kier alpha value is -1.02. The molecule has 1 rings (SSSR count). The van der Waals surface area contributed by atoms with Gasteiger partial charge in [-0.25, -0.2) is 0 Å². The van der Waals surface area contributed by atoms with E-state index in [4.69, 9.17) is 32.3 Å². The number of hydrogen-bond acceptors (Lipinski definition) is 9. The van der Waals surface area contributed by atoms with Crippen LogP contribution in [0.15, 0.2) is 0 Å². The largest absolute Gasteiger partial charge is 2.00 e. The van der Waals surface area contributed by atoms with E-state index in [1.54, 1.807) is 0 Å². The first-order valence-electron chi connectivity index (χ1n) is 2.94. The van der Waals surface area contributed by atoms with E-state index in [-0.39, 0.29) is 37.3 Å². The second kappa shape index (κ2) is 7.39. The molecule has 7 N–H and O–H groups in total. The van der Waals surface area contributed by atoms with Crippen LogP contribution in [0.4, 0.5) is 17.8 Å². The number of nitrogens with zero attached hydrogens (tertiary/aromatic N) is 3. The summed E-state index contributed by atoms with van der Waals surface area (Å²) in [5.41, 5.74) is 15.4. The third kappa shape index (κ3) is 9.07. The van der Waals surface area contributed by atoms with Gasteiger partial charge in [0.1, 0.15) is 0 Å². The van der Waals surface area contributed by atoms with Crippen LogP contribution >= 0.6 is 0 Å². The summed E-state index contributed by atoms with van der Waals surface area (Å²) in [6.07, 6.45) is 0. The van der Waals surface area contributed by atoms with Crippen LogP contribution in [0.2, 0.25) is 0 Å². The van der Waals surface area contributed by atoms with Crippen molar-refractivity contribution in [1.82, 2.24) is 15.0 Å². The number of anilines is 3. The molecule has 0 aliphatic heterocycles. The zero-order valence-corrected chi connectivity index (χ0v) is 10.1. The van der Waals surface area contributed by atoms with Gasteiger partial charge in [-0.15, -0.1) is 0 Å². The normalized spacial score (nSPS) is 7.93. The Morgan fingerprint density at radius 1 is 0.929 bits per heavy atom. The number of nitrogen functional groups attached to an aromatic ring is 3. The molecule has 0 radical (unpaired) electrons. The Kier molecular flexibility index (Phi) is 8.15. The zero-order valence-electron chi connectivity index (χ0n) is 7.12. The van der Waals surface area contributed by atoms with Gasteiger partial charge in [-0.3, -0.25) is 0 Å². The molecule has 0 saturated carbocycles. The van der Waals surface area contributed by atoms with Crippen molar-refractivity contribution in [3.63, 3.8) is 0 Å². The second-order valence-corrected chi connectivity index (χ2v) is 1.72. The molecule has 0 atom stereocenters. The number of rotatable bonds is 0. The molecule has 1 aromatic rings. The minimum absolute atomic E-state index is 0. The maximum absolute atomic E-state index is 8.53. The van der Waals surface area contributed by atoms with Gasteiger partial charge in [0.2, 0.25) is 17.8 Å². The van der Waals surface area contributed by atoms with Gasteiger partial charge in [0, 0.05) is 0 Å². The molecule has 1 heterocycles. The van der Waals surface area contributed by atoms with E-state index in [0.29, 0.717) is 0 Å². The first-order valence-corrected chi connectivity index (χ1v) is 2.94. The Labute approximate surface area is 92.3 Å². The monoisotopic (exact) mass is 250 g/mol. The third-order valence-electron chi connectivity index (χ3n) is 0.687. The fraction of sp³-hybridized carbons (Fsp3) is 0. The summed E-state index contributed by atoms with van der Waals surface area (Å²) < 4.78 is 0. The molecule has 0 fully saturated rings. The smallest absolute Gasteiger partial charge is 0.871 e. The van der Waals surface area contributed by atoms with Gasteiger partial charge >= 0.3 is 19.5 Å². The van der Waals surface area contributed by atoms with E-state index in [9.17, 15) is 0 Å². The zero-order chi connectivity index (χ0) is 10.4. The van der Waals surface area contributed by atoms with Gasteiger partial charge in [0.05, 0.1) is 7.32 Å². The summed E-state index contributed by atoms with van der Waals surface area (Å²) >= 11 is 0. The standard InChI is InChI=1S/C3H6N6.BHO3.Zn/c4-1-7-2(5)9-3(6)8-1;2-1(3)4;/h(H6,4,5,6,7,8,9);2H;/q;-2;+2. The van der Waals surface area contributed by atoms with Crippen molar-refractivity contribution in [2.75, 3.05) is 17.2 Å². The van der Waals surface area contributed by atoms with E-state index in [1.165, 1.54) is 0 Å². The molecule has 0 saturated heterocycles. The number of aromatic nitrogens is 3. The van der Waals surface area contributed by atoms with Crippen molar-refractivity contribution in [3.8, 4) is 0 Å². The molecular formula is C3H7BN6O3Zn. The van der Waals surface area contributed by atoms with Gasteiger partial charge in [0.25, 0.3) is 0 Å². The minimum atomic E-state index is -2.67. The SMILES string of the molecule is Nc1nc(N)nc(N)n1.[O-]B([O-])O.[Zn+2]. The number of nitrogens with two attached hydrogens (primary N) is 3. The van der Waals surface area contributed by atoms with E-state index in [2.05, 4.69) is 15.0 Å². The fourth-order valence-corrected chi connectivity index (χ4v) is 0.427. The van der Waals surface area contributed by atoms with Crippen molar-refractivity contribution in [2.24, 2.45) is 0 Å². The van der Waals surface area contributed by atoms with Crippen molar-refractivity contribution < 1.29 is 34.6 Å². The van der Waals surface area contributed by atoms with Gasteiger partial charge in [0.15, 0.2) is 0 Å². The van der Waals surface area contributed by atoms with Crippen LogP contribution in [0.3, 0.4) is 0 Å². The summed E-state index contributed by atoms with van der Waals surface area (Å²) in [6.45, 7) is 0. The van der Waals surface area contributed by atoms with Crippen LogP contribution in [0.1, 0.15) is 0 Å². The van der Waals surface area contributed by atoms with Crippen molar-refractivity contribution in [2.45, 2.75) is 0 Å². The Morgan fingerprint density at radius 2 is 1.07 bits per heavy atom. The molecule has 1 aromatic heterocycles. The second-order valence-electron chi connectivity index (χ2n) is 1.72. The molecule has 72 valence electrons. The van der Waals surface area contributed by atoms with Gasteiger partial charge in [-0.2, -0.15) is 15.0 Å². The summed E-state index contributed by atoms with van der Waals surface area (Å²) in [7, 11) is -2.67. The van der Waals surface area contributed by atoms with Crippen molar-refractivity contribution in [1.29, 1.82) is 0 Å². The topological polar surface area (TPSA) is 183 Å². The van der Waals surface area contributed by atoms with E-state index >= 15 is 0 Å². The maximum Gasteiger partial charge on any atom is 2.00 e. The predicted octanol–water partition coefficient (Wildman–Crippen LogP) is -4.70. The quantitative estimate of drug-likeness (QED) is 0.329. The predicted molar refractivity (Wildman–Crippen MR) is 41.0 cm³/mol. The molecule has 0 spiro atoms. The van der Waals surface area contributed by atoms with Gasteiger partial charge in [-0.05, 0) is 0 Å².